The van der Waals surface area contributed by atoms with Gasteiger partial charge in [-0.15, -0.1) is 29.7 Å². The van der Waals surface area contributed by atoms with Gasteiger partial charge in [-0.25, -0.2) is 4.98 Å². The first kappa shape index (κ1) is 38.5. The molecular formula is C64H54N4OPt-2. The summed E-state index contributed by atoms with van der Waals surface area (Å²) in [4.78, 5) is 4.70. The minimum Gasteiger partial charge on any atom is -0.510 e. The van der Waals surface area contributed by atoms with Crippen molar-refractivity contribution < 1.29 is 40.0 Å². The molecule has 0 aliphatic carbocycles. The number of hydrogen-bond acceptors (Lipinski definition) is 2. The number of aryl methyl sites for hydroxylation is 1. The van der Waals surface area contributed by atoms with Gasteiger partial charge in [0.15, 0.2) is 0 Å². The van der Waals surface area contributed by atoms with Crippen LogP contribution >= 0.6 is 0 Å². The summed E-state index contributed by atoms with van der Waals surface area (Å²) in [5.74, 6) is 1.39. The van der Waals surface area contributed by atoms with Crippen LogP contribution < -0.4 is 9.30 Å². The van der Waals surface area contributed by atoms with Gasteiger partial charge in [-0.05, 0) is 103 Å². The second kappa shape index (κ2) is 18.5. The molecule has 0 bridgehead atoms. The normalized spacial score (nSPS) is 13.5. The van der Waals surface area contributed by atoms with Crippen LogP contribution in [0.1, 0.15) is 74.8 Å². The molecule has 3 aromatic heterocycles. The van der Waals surface area contributed by atoms with Gasteiger partial charge in [-0.3, -0.25) is 4.57 Å². The van der Waals surface area contributed by atoms with Crippen LogP contribution in [0.25, 0.3) is 83.4 Å². The molecule has 0 saturated heterocycles. The smallest absolute Gasteiger partial charge is 0.268 e. The molecule has 0 atom stereocenters. The van der Waals surface area contributed by atoms with Crippen molar-refractivity contribution in [1.29, 1.82) is 0 Å². The van der Waals surface area contributed by atoms with Crippen molar-refractivity contribution in [3.8, 4) is 62.1 Å². The standard InChI is InChI=1S/C64H54N4O.Pt/c1-8-43-33-34-65-61(35-43)68-57-28-16-15-25-55(57)56-31-30-52(41-59(56)68)69-51-24-17-23-50(40-51)66-42-67(58-32-29-46(38-60(58)66)44-19-11-9-12-20-44)62-53(45-21-13-10-14-22-45)26-18-27-54(62)47-36-48(63(2,3)4)39-49(37-47)64(5,6)7;/h9-39H,8H2,1-7H3;/q-2;/i8D2,10D,13D,14D,21D,22D;. The number of pyridine rings is 1. The topological polar surface area (TPSA) is 35.9 Å². The van der Waals surface area contributed by atoms with Crippen molar-refractivity contribution >= 4 is 32.8 Å². The Balaban J connectivity index is 0.00000672. The van der Waals surface area contributed by atoms with Crippen LogP contribution in [0.3, 0.4) is 0 Å². The Morgan fingerprint density at radius 3 is 2.06 bits per heavy atom. The maximum Gasteiger partial charge on any atom is 0.268 e. The van der Waals surface area contributed by atoms with Crippen LogP contribution in [0.15, 0.2) is 188 Å². The van der Waals surface area contributed by atoms with Gasteiger partial charge in [0.1, 0.15) is 5.82 Å². The molecule has 0 radical (unpaired) electrons. The SMILES string of the molecule is [2H]c1c([2H])c([2H])c(-c2cccc(-c3cc(C(C)(C)C)cc(C(C)(C)C)c3)c2-[n+]2[c-]n(-c3[c-]c(Oc4[c-]c5c(cc4)c4ccccc4n5-c4cc(C([2H])([2H])C)ccn4)ccc3)c3cc(-c4ccccc4)ccc32)c([2H])c1[2H].[Pt]. The molecule has 70 heavy (non-hydrogen) atoms. The van der Waals surface area contributed by atoms with Gasteiger partial charge < -0.3 is 13.9 Å². The number of imidazole rings is 1. The maximum absolute atomic E-state index is 9.30. The molecule has 11 rings (SSSR count). The minimum absolute atomic E-state index is 0. The maximum atomic E-state index is 9.30. The second-order valence-corrected chi connectivity index (χ2v) is 19.4. The fourth-order valence-corrected chi connectivity index (χ4v) is 9.13. The van der Waals surface area contributed by atoms with E-state index in [2.05, 4.69) is 102 Å². The molecule has 0 spiro atoms. The molecule has 0 aliphatic rings. The van der Waals surface area contributed by atoms with E-state index in [1.165, 1.54) is 6.92 Å². The van der Waals surface area contributed by atoms with E-state index in [0.717, 1.165) is 60.7 Å². The number of ether oxygens (including phenoxy) is 1. The Morgan fingerprint density at radius 1 is 0.614 bits per heavy atom. The Hall–Kier alpha value is -7.33. The molecule has 6 heteroatoms. The fraction of sp³-hybridized carbons (Fsp3) is 0.156. The average molecular weight is 1100 g/mol. The molecular weight excluding hydrogens is 1040 g/mol. The summed E-state index contributed by atoms with van der Waals surface area (Å²) in [6.07, 6.45) is 3.76. The van der Waals surface area contributed by atoms with E-state index < -0.39 is 24.5 Å². The predicted molar refractivity (Wildman–Crippen MR) is 283 cm³/mol. The van der Waals surface area contributed by atoms with Gasteiger partial charge in [-0.1, -0.05) is 181 Å². The third-order valence-corrected chi connectivity index (χ3v) is 12.8. The van der Waals surface area contributed by atoms with E-state index in [4.69, 9.17) is 16.6 Å². The zero-order chi connectivity index (χ0) is 53.6. The zero-order valence-electron chi connectivity index (χ0n) is 47.0. The predicted octanol–water partition coefficient (Wildman–Crippen LogP) is 15.7. The van der Waals surface area contributed by atoms with Gasteiger partial charge in [0.2, 0.25) is 0 Å². The van der Waals surface area contributed by atoms with Gasteiger partial charge in [0, 0.05) is 47.0 Å². The van der Waals surface area contributed by atoms with Crippen molar-refractivity contribution in [2.75, 3.05) is 0 Å². The molecule has 0 N–H and O–H groups in total. The first-order valence-electron chi connectivity index (χ1n) is 26.7. The largest absolute Gasteiger partial charge is 0.510 e. The van der Waals surface area contributed by atoms with Crippen LogP contribution in [0, 0.1) is 18.5 Å². The Labute approximate surface area is 435 Å². The molecule has 0 aliphatic heterocycles. The van der Waals surface area contributed by atoms with E-state index in [0.29, 0.717) is 45.3 Å². The summed E-state index contributed by atoms with van der Waals surface area (Å²) in [6.45, 7) is 14.7. The van der Waals surface area contributed by atoms with Crippen molar-refractivity contribution in [2.45, 2.75) is 65.7 Å². The summed E-state index contributed by atoms with van der Waals surface area (Å²) in [5, 5.41) is 1.93. The number of para-hydroxylation sites is 2. The number of benzene rings is 8. The molecule has 11 aromatic rings. The van der Waals surface area contributed by atoms with Crippen molar-refractivity contribution in [3.05, 3.63) is 223 Å². The molecule has 8 aromatic carbocycles. The van der Waals surface area contributed by atoms with Crippen LogP contribution in [0.5, 0.6) is 11.5 Å². The first-order valence-corrected chi connectivity index (χ1v) is 23.2. The van der Waals surface area contributed by atoms with Crippen LogP contribution in [-0.4, -0.2) is 14.1 Å². The number of fused-ring (bicyclic) bond motifs is 4. The molecule has 348 valence electrons. The average Bonchev–Trinajstić information content (AvgIpc) is 4.03. The Morgan fingerprint density at radius 2 is 1.31 bits per heavy atom. The minimum atomic E-state index is -1.58. The van der Waals surface area contributed by atoms with E-state index in [-0.39, 0.29) is 49.5 Å². The third kappa shape index (κ3) is 8.69. The van der Waals surface area contributed by atoms with Crippen molar-refractivity contribution in [2.24, 2.45) is 0 Å². The Kier molecular flexibility index (Phi) is 10.2. The zero-order valence-corrected chi connectivity index (χ0v) is 42.3. The summed E-state index contributed by atoms with van der Waals surface area (Å²) in [7, 11) is 0. The van der Waals surface area contributed by atoms with E-state index in [1.54, 1.807) is 18.3 Å². The summed E-state index contributed by atoms with van der Waals surface area (Å²) in [5.41, 5.74) is 10.8. The van der Waals surface area contributed by atoms with Gasteiger partial charge in [0.25, 0.3) is 6.33 Å². The van der Waals surface area contributed by atoms with Crippen LogP contribution in [0.4, 0.5) is 0 Å². The number of aromatic nitrogens is 4. The Bertz CT molecular complexity index is 4050. The number of hydrogen-bond donors (Lipinski definition) is 0. The van der Waals surface area contributed by atoms with Crippen molar-refractivity contribution in [3.63, 3.8) is 0 Å². The van der Waals surface area contributed by atoms with Gasteiger partial charge >= 0.3 is 0 Å². The van der Waals surface area contributed by atoms with Crippen molar-refractivity contribution in [1.82, 2.24) is 14.1 Å². The molecule has 3 heterocycles. The van der Waals surface area contributed by atoms with E-state index in [9.17, 15) is 2.74 Å². The first-order chi connectivity index (χ1) is 36.2. The summed E-state index contributed by atoms with van der Waals surface area (Å²) in [6, 6.07) is 54.9. The monoisotopic (exact) mass is 1100 g/mol. The second-order valence-electron chi connectivity index (χ2n) is 19.4. The molecule has 0 amide bonds. The van der Waals surface area contributed by atoms with Crippen LogP contribution in [0.2, 0.25) is 0 Å². The fourth-order valence-electron chi connectivity index (χ4n) is 9.13. The third-order valence-electron chi connectivity index (χ3n) is 12.8. The van der Waals surface area contributed by atoms with E-state index in [1.807, 2.05) is 111 Å². The summed E-state index contributed by atoms with van der Waals surface area (Å²) < 4.78 is 74.2. The van der Waals surface area contributed by atoms with Crippen LogP contribution in [-0.2, 0) is 38.3 Å². The molecule has 0 saturated carbocycles. The molecule has 5 nitrogen and oxygen atoms in total. The number of nitrogens with zero attached hydrogens (tertiary/aromatic N) is 4. The van der Waals surface area contributed by atoms with Gasteiger partial charge in [0.05, 0.1) is 23.6 Å². The number of rotatable bonds is 9. The van der Waals surface area contributed by atoms with Gasteiger partial charge in [-0.2, -0.15) is 18.2 Å². The summed E-state index contributed by atoms with van der Waals surface area (Å²) >= 11 is 0. The molecule has 0 unspecified atom stereocenters. The molecule has 0 fully saturated rings. The van der Waals surface area contributed by atoms with E-state index >= 15 is 0 Å². The quantitative estimate of drug-likeness (QED) is 0.107.